The summed E-state index contributed by atoms with van der Waals surface area (Å²) in [6, 6.07) is 20.1. The van der Waals surface area contributed by atoms with Crippen LogP contribution in [-0.2, 0) is 0 Å². The minimum Gasteiger partial charge on any atom is -0.494 e. The van der Waals surface area contributed by atoms with Gasteiger partial charge in [-0.15, -0.1) is 0 Å². The molecule has 3 aromatic carbocycles. The Morgan fingerprint density at radius 3 is 2.44 bits per heavy atom. The van der Waals surface area contributed by atoms with Gasteiger partial charge in [-0.05, 0) is 62.7 Å². The molecule has 1 aliphatic heterocycles. The van der Waals surface area contributed by atoms with Crippen molar-refractivity contribution in [2.45, 2.75) is 26.8 Å². The van der Waals surface area contributed by atoms with Crippen LogP contribution in [0.1, 0.15) is 45.8 Å². The van der Waals surface area contributed by atoms with Gasteiger partial charge in [-0.25, -0.2) is 0 Å². The summed E-state index contributed by atoms with van der Waals surface area (Å²) in [4.78, 5) is 28.9. The molecular formula is C27H23NO4. The Balaban J connectivity index is 1.79. The van der Waals surface area contributed by atoms with Gasteiger partial charge in [0, 0.05) is 5.69 Å². The first-order chi connectivity index (χ1) is 15.5. The molecule has 1 amide bonds. The van der Waals surface area contributed by atoms with Crippen molar-refractivity contribution in [1.29, 1.82) is 0 Å². The average molecular weight is 425 g/mol. The predicted octanol–water partition coefficient (Wildman–Crippen LogP) is 5.56. The minimum atomic E-state index is -0.609. The summed E-state index contributed by atoms with van der Waals surface area (Å²) in [5.74, 6) is 0.463. The number of rotatable bonds is 4. The molecular weight excluding hydrogens is 402 g/mol. The van der Waals surface area contributed by atoms with Crippen molar-refractivity contribution in [2.24, 2.45) is 0 Å². The van der Waals surface area contributed by atoms with Crippen LogP contribution < -0.4 is 15.1 Å². The van der Waals surface area contributed by atoms with Crippen LogP contribution in [-0.4, -0.2) is 12.5 Å². The molecule has 1 aliphatic rings. The zero-order chi connectivity index (χ0) is 22.4. The fourth-order valence-electron chi connectivity index (χ4n) is 4.31. The van der Waals surface area contributed by atoms with Gasteiger partial charge in [0.2, 0.25) is 5.76 Å². The summed E-state index contributed by atoms with van der Waals surface area (Å²) in [6.45, 7) is 6.37. The summed E-state index contributed by atoms with van der Waals surface area (Å²) in [7, 11) is 0. The minimum absolute atomic E-state index is 0.0961. The number of carbonyl (C=O) groups is 1. The third-order valence-corrected chi connectivity index (χ3v) is 5.82. The highest BCUT2D eigenvalue weighted by atomic mass is 16.5. The smallest absolute Gasteiger partial charge is 0.295 e. The highest BCUT2D eigenvalue weighted by molar-refractivity contribution is 6.10. The van der Waals surface area contributed by atoms with Crippen LogP contribution in [0.2, 0.25) is 0 Å². The first-order valence-corrected chi connectivity index (χ1v) is 10.7. The Bertz CT molecular complexity index is 1400. The molecule has 2 heterocycles. The maximum absolute atomic E-state index is 13.7. The van der Waals surface area contributed by atoms with Crippen molar-refractivity contribution >= 4 is 22.6 Å². The fraction of sp³-hybridized carbons (Fsp3) is 0.185. The lowest BCUT2D eigenvalue weighted by molar-refractivity contribution is 0.0971. The van der Waals surface area contributed by atoms with Gasteiger partial charge in [0.15, 0.2) is 5.43 Å². The van der Waals surface area contributed by atoms with E-state index in [1.165, 1.54) is 0 Å². The van der Waals surface area contributed by atoms with Crippen LogP contribution in [0.25, 0.3) is 11.0 Å². The van der Waals surface area contributed by atoms with E-state index in [9.17, 15) is 9.59 Å². The molecule has 0 N–H and O–H groups in total. The number of nitrogens with zero attached hydrogens (tertiary/aromatic N) is 1. The van der Waals surface area contributed by atoms with E-state index in [0.29, 0.717) is 34.6 Å². The molecule has 5 heteroatoms. The van der Waals surface area contributed by atoms with Gasteiger partial charge in [-0.3, -0.25) is 14.5 Å². The SMILES string of the molecule is CCOc1cccc(C2c3c(oc4ccc(C)cc4c3=O)C(=O)N2c2ccc(C)cc2)c1. The second-order valence-corrected chi connectivity index (χ2v) is 8.09. The molecule has 32 heavy (non-hydrogen) atoms. The van der Waals surface area contributed by atoms with Crippen molar-refractivity contribution in [3.8, 4) is 5.75 Å². The van der Waals surface area contributed by atoms with Gasteiger partial charge in [-0.2, -0.15) is 0 Å². The lowest BCUT2D eigenvalue weighted by Gasteiger charge is -2.25. The van der Waals surface area contributed by atoms with E-state index in [2.05, 4.69) is 0 Å². The Labute approximate surface area is 185 Å². The number of ether oxygens (including phenoxy) is 1. The van der Waals surface area contributed by atoms with E-state index in [-0.39, 0.29) is 17.1 Å². The first kappa shape index (κ1) is 20.1. The molecule has 0 radical (unpaired) electrons. The average Bonchev–Trinajstić information content (AvgIpc) is 3.08. The number of aryl methyl sites for hydroxylation is 2. The molecule has 0 aliphatic carbocycles. The Morgan fingerprint density at radius 2 is 1.69 bits per heavy atom. The molecule has 0 fully saturated rings. The largest absolute Gasteiger partial charge is 0.494 e. The highest BCUT2D eigenvalue weighted by Crippen LogP contribution is 2.42. The summed E-state index contributed by atoms with van der Waals surface area (Å²) < 4.78 is 11.7. The summed E-state index contributed by atoms with van der Waals surface area (Å²) in [6.07, 6.45) is 0. The maximum atomic E-state index is 13.7. The van der Waals surface area contributed by atoms with Crippen LogP contribution >= 0.6 is 0 Å². The Kier molecular flexibility index (Phi) is 4.82. The van der Waals surface area contributed by atoms with Gasteiger partial charge in [0.25, 0.3) is 5.91 Å². The lowest BCUT2D eigenvalue weighted by atomic mass is 9.97. The van der Waals surface area contributed by atoms with Gasteiger partial charge in [-0.1, -0.05) is 41.5 Å². The molecule has 1 aromatic heterocycles. The van der Waals surface area contributed by atoms with E-state index >= 15 is 0 Å². The van der Waals surface area contributed by atoms with E-state index in [1.807, 2.05) is 81.4 Å². The number of hydrogen-bond donors (Lipinski definition) is 0. The van der Waals surface area contributed by atoms with Crippen LogP contribution in [0.5, 0.6) is 5.75 Å². The normalized spacial score (nSPS) is 15.3. The molecule has 1 unspecified atom stereocenters. The molecule has 0 saturated heterocycles. The predicted molar refractivity (Wildman–Crippen MR) is 125 cm³/mol. The molecule has 0 bridgehead atoms. The molecule has 1 atom stereocenters. The topological polar surface area (TPSA) is 59.8 Å². The lowest BCUT2D eigenvalue weighted by Crippen LogP contribution is -2.29. The zero-order valence-corrected chi connectivity index (χ0v) is 18.2. The van der Waals surface area contributed by atoms with E-state index < -0.39 is 6.04 Å². The van der Waals surface area contributed by atoms with E-state index in [1.54, 1.807) is 11.0 Å². The highest BCUT2D eigenvalue weighted by Gasteiger charge is 2.43. The second kappa shape index (κ2) is 7.68. The monoisotopic (exact) mass is 425 g/mol. The Hall–Kier alpha value is -3.86. The molecule has 5 nitrogen and oxygen atoms in total. The number of amides is 1. The standard InChI is InChI=1S/C27H23NO4/c1-4-31-20-7-5-6-18(15-20)24-23-25(29)21-14-17(3)10-13-22(21)32-26(23)27(30)28(24)19-11-8-16(2)9-12-19/h5-15,24H,4H2,1-3H3. The van der Waals surface area contributed by atoms with Crippen molar-refractivity contribution in [3.05, 3.63) is 105 Å². The van der Waals surface area contributed by atoms with Gasteiger partial charge in [0.1, 0.15) is 11.3 Å². The summed E-state index contributed by atoms with van der Waals surface area (Å²) in [5.41, 5.74) is 4.14. The second-order valence-electron chi connectivity index (χ2n) is 8.09. The van der Waals surface area contributed by atoms with E-state index in [0.717, 1.165) is 16.7 Å². The van der Waals surface area contributed by atoms with Gasteiger partial charge >= 0.3 is 0 Å². The van der Waals surface area contributed by atoms with Crippen LogP contribution in [0.15, 0.2) is 75.9 Å². The molecule has 4 aromatic rings. The molecule has 160 valence electrons. The summed E-state index contributed by atoms with van der Waals surface area (Å²) >= 11 is 0. The fourth-order valence-corrected chi connectivity index (χ4v) is 4.31. The zero-order valence-electron chi connectivity index (χ0n) is 18.2. The quantitative estimate of drug-likeness (QED) is 0.430. The van der Waals surface area contributed by atoms with Crippen LogP contribution in [0.3, 0.4) is 0 Å². The Morgan fingerprint density at radius 1 is 0.938 bits per heavy atom. The molecule has 0 saturated carbocycles. The molecule has 5 rings (SSSR count). The number of benzene rings is 3. The first-order valence-electron chi connectivity index (χ1n) is 10.7. The maximum Gasteiger partial charge on any atom is 0.295 e. The van der Waals surface area contributed by atoms with E-state index in [4.69, 9.17) is 9.15 Å². The molecule has 0 spiro atoms. The van der Waals surface area contributed by atoms with Crippen molar-refractivity contribution in [2.75, 3.05) is 11.5 Å². The third kappa shape index (κ3) is 3.17. The van der Waals surface area contributed by atoms with Crippen LogP contribution in [0.4, 0.5) is 5.69 Å². The third-order valence-electron chi connectivity index (χ3n) is 5.82. The number of carbonyl (C=O) groups excluding carboxylic acids is 1. The summed E-state index contributed by atoms with van der Waals surface area (Å²) in [5, 5.41) is 0.480. The van der Waals surface area contributed by atoms with Crippen molar-refractivity contribution in [3.63, 3.8) is 0 Å². The van der Waals surface area contributed by atoms with Gasteiger partial charge < -0.3 is 9.15 Å². The number of anilines is 1. The van der Waals surface area contributed by atoms with Gasteiger partial charge in [0.05, 0.1) is 23.6 Å². The van der Waals surface area contributed by atoms with Crippen molar-refractivity contribution in [1.82, 2.24) is 0 Å². The number of fused-ring (bicyclic) bond motifs is 2. The van der Waals surface area contributed by atoms with Crippen molar-refractivity contribution < 1.29 is 13.9 Å². The number of hydrogen-bond acceptors (Lipinski definition) is 4. The van der Waals surface area contributed by atoms with Crippen LogP contribution in [0, 0.1) is 13.8 Å².